The molecule has 0 saturated carbocycles. The molecular weight excluding hydrogens is 382 g/mol. The van der Waals surface area contributed by atoms with E-state index in [1.807, 2.05) is 6.92 Å². The summed E-state index contributed by atoms with van der Waals surface area (Å²) in [6, 6.07) is 9.09. The molecule has 0 radical (unpaired) electrons. The van der Waals surface area contributed by atoms with Crippen molar-refractivity contribution >= 4 is 23.1 Å². The van der Waals surface area contributed by atoms with E-state index >= 15 is 4.39 Å². The van der Waals surface area contributed by atoms with Crippen molar-refractivity contribution in [1.82, 2.24) is 4.90 Å². The monoisotopic (exact) mass is 406 g/mol. The topological polar surface area (TPSA) is 23.6 Å². The summed E-state index contributed by atoms with van der Waals surface area (Å²) in [5.41, 5.74) is 1.07. The van der Waals surface area contributed by atoms with Crippen LogP contribution in [-0.4, -0.2) is 43.4 Å². The number of Topliss-reactive ketones (excluding diaryl/α,β-unsaturated/α-hetero) is 1. The van der Waals surface area contributed by atoms with Gasteiger partial charge in [0.1, 0.15) is 11.6 Å². The van der Waals surface area contributed by atoms with Gasteiger partial charge in [-0.05, 0) is 69.7 Å². The number of likely N-dealkylation sites (tertiary alicyclic amines) is 1. The van der Waals surface area contributed by atoms with Crippen molar-refractivity contribution in [2.45, 2.75) is 32.2 Å². The van der Waals surface area contributed by atoms with E-state index in [0.29, 0.717) is 17.8 Å². The molecule has 0 N–H and O–H groups in total. The molecule has 2 aromatic carbocycles. The molecule has 1 fully saturated rings. The van der Waals surface area contributed by atoms with Gasteiger partial charge in [-0.1, -0.05) is 23.7 Å². The molecule has 3 nitrogen and oxygen atoms in total. The maximum atomic E-state index is 15.3. The lowest BCUT2D eigenvalue weighted by Crippen LogP contribution is -2.44. The molecule has 1 saturated heterocycles. The summed E-state index contributed by atoms with van der Waals surface area (Å²) >= 11 is 5.98. The molecule has 0 aliphatic carbocycles. The van der Waals surface area contributed by atoms with Crippen molar-refractivity contribution in [2.24, 2.45) is 0 Å². The number of anilines is 1. The van der Waals surface area contributed by atoms with Crippen molar-refractivity contribution in [3.8, 4) is 0 Å². The van der Waals surface area contributed by atoms with Crippen molar-refractivity contribution < 1.29 is 13.6 Å². The van der Waals surface area contributed by atoms with Gasteiger partial charge in [0.2, 0.25) is 0 Å². The summed E-state index contributed by atoms with van der Waals surface area (Å²) < 4.78 is 28.5. The Labute approximate surface area is 169 Å². The first-order chi connectivity index (χ1) is 13.4. The molecule has 0 aromatic heterocycles. The Morgan fingerprint density at radius 2 is 1.93 bits per heavy atom. The van der Waals surface area contributed by atoms with Crippen LogP contribution < -0.4 is 4.90 Å². The quantitative estimate of drug-likeness (QED) is 0.633. The minimum absolute atomic E-state index is 0.0445. The minimum Gasteiger partial charge on any atom is -0.366 e. The largest absolute Gasteiger partial charge is 0.366 e. The number of hydrogen-bond acceptors (Lipinski definition) is 3. The summed E-state index contributed by atoms with van der Waals surface area (Å²) in [4.78, 5) is 17.0. The van der Waals surface area contributed by atoms with Gasteiger partial charge in [-0.3, -0.25) is 4.79 Å². The normalized spacial score (nSPS) is 15.6. The Kier molecular flexibility index (Phi) is 6.68. The number of halogens is 3. The third-order valence-electron chi connectivity index (χ3n) is 5.42. The van der Waals surface area contributed by atoms with E-state index in [4.69, 9.17) is 11.6 Å². The van der Waals surface area contributed by atoms with E-state index < -0.39 is 5.82 Å². The Balaban J connectivity index is 1.83. The van der Waals surface area contributed by atoms with Crippen LogP contribution in [0.5, 0.6) is 0 Å². The van der Waals surface area contributed by atoms with Gasteiger partial charge in [-0.15, -0.1) is 0 Å². The number of carbonyl (C=O) groups is 1. The van der Waals surface area contributed by atoms with Gasteiger partial charge in [-0.2, -0.15) is 0 Å². The van der Waals surface area contributed by atoms with Crippen LogP contribution in [0.4, 0.5) is 14.5 Å². The van der Waals surface area contributed by atoms with Crippen LogP contribution in [-0.2, 0) is 6.42 Å². The van der Waals surface area contributed by atoms with Crippen LogP contribution in [0.15, 0.2) is 36.4 Å². The zero-order valence-corrected chi connectivity index (χ0v) is 17.0. The van der Waals surface area contributed by atoms with Gasteiger partial charge in [0.25, 0.3) is 0 Å². The highest BCUT2D eigenvalue weighted by Crippen LogP contribution is 2.29. The zero-order valence-electron chi connectivity index (χ0n) is 16.2. The molecule has 0 bridgehead atoms. The second-order valence-corrected chi connectivity index (χ2v) is 7.70. The molecule has 0 unspecified atom stereocenters. The number of nitrogens with zero attached hydrogens (tertiary/aromatic N) is 2. The summed E-state index contributed by atoms with van der Waals surface area (Å²) in [6.45, 7) is 4.70. The van der Waals surface area contributed by atoms with Crippen molar-refractivity contribution in [3.63, 3.8) is 0 Å². The van der Waals surface area contributed by atoms with E-state index in [9.17, 15) is 9.18 Å². The number of piperidine rings is 1. The van der Waals surface area contributed by atoms with E-state index in [0.717, 1.165) is 32.0 Å². The standard InChI is InChI=1S/C22H25ClF2N2O/c1-3-27(17-9-11-26(2)12-10-17)20-6-4-5-15(22(20)25)13-21(28)18-8-7-16(24)14-19(18)23/h4-8,14,17H,3,9-13H2,1-2H3. The summed E-state index contributed by atoms with van der Waals surface area (Å²) in [5.74, 6) is -1.20. The van der Waals surface area contributed by atoms with Crippen LogP contribution in [0.1, 0.15) is 35.7 Å². The maximum Gasteiger partial charge on any atom is 0.168 e. The van der Waals surface area contributed by atoms with Crippen molar-refractivity contribution in [1.29, 1.82) is 0 Å². The number of carbonyl (C=O) groups excluding carboxylic acids is 1. The lowest BCUT2D eigenvalue weighted by Gasteiger charge is -2.38. The molecular formula is C22H25ClF2N2O. The average molecular weight is 407 g/mol. The first kappa shape index (κ1) is 20.7. The van der Waals surface area contributed by atoms with Gasteiger partial charge in [0.05, 0.1) is 10.7 Å². The SMILES string of the molecule is CCN(c1cccc(CC(=O)c2ccc(F)cc2Cl)c1F)C1CCN(C)CC1. The summed E-state index contributed by atoms with van der Waals surface area (Å²) in [7, 11) is 2.10. The highest BCUT2D eigenvalue weighted by Gasteiger charge is 2.25. The Morgan fingerprint density at radius 1 is 1.21 bits per heavy atom. The number of benzene rings is 2. The third kappa shape index (κ3) is 4.53. The van der Waals surface area contributed by atoms with Crippen LogP contribution in [0.2, 0.25) is 5.02 Å². The molecule has 6 heteroatoms. The van der Waals surface area contributed by atoms with Gasteiger partial charge in [0.15, 0.2) is 5.78 Å². The van der Waals surface area contributed by atoms with E-state index in [-0.39, 0.29) is 34.6 Å². The Bertz CT molecular complexity index is 850. The van der Waals surface area contributed by atoms with Crippen LogP contribution in [0, 0.1) is 11.6 Å². The maximum absolute atomic E-state index is 15.3. The van der Waals surface area contributed by atoms with Gasteiger partial charge in [-0.25, -0.2) is 8.78 Å². The third-order valence-corrected chi connectivity index (χ3v) is 5.73. The summed E-state index contributed by atoms with van der Waals surface area (Å²) in [5, 5.41) is 0.0445. The van der Waals surface area contributed by atoms with Crippen molar-refractivity contribution in [3.05, 3.63) is 64.2 Å². The van der Waals surface area contributed by atoms with Gasteiger partial charge < -0.3 is 9.80 Å². The van der Waals surface area contributed by atoms with E-state index in [2.05, 4.69) is 16.8 Å². The second-order valence-electron chi connectivity index (χ2n) is 7.29. The molecule has 1 heterocycles. The predicted octanol–water partition coefficient (Wildman–Crippen LogP) is 4.96. The van der Waals surface area contributed by atoms with Crippen molar-refractivity contribution in [2.75, 3.05) is 31.6 Å². The highest BCUT2D eigenvalue weighted by atomic mass is 35.5. The van der Waals surface area contributed by atoms with Crippen LogP contribution in [0.3, 0.4) is 0 Å². The van der Waals surface area contributed by atoms with Gasteiger partial charge in [0, 0.05) is 24.6 Å². The molecule has 0 amide bonds. The van der Waals surface area contributed by atoms with Crippen LogP contribution >= 0.6 is 11.6 Å². The first-order valence-corrected chi connectivity index (χ1v) is 9.99. The van der Waals surface area contributed by atoms with Crippen LogP contribution in [0.25, 0.3) is 0 Å². The molecule has 0 atom stereocenters. The fourth-order valence-corrected chi connectivity index (χ4v) is 4.11. The molecule has 28 heavy (non-hydrogen) atoms. The number of hydrogen-bond donors (Lipinski definition) is 0. The second kappa shape index (κ2) is 9.01. The summed E-state index contributed by atoms with van der Waals surface area (Å²) in [6.07, 6.45) is 1.85. The van der Waals surface area contributed by atoms with E-state index in [1.54, 1.807) is 18.2 Å². The Morgan fingerprint density at radius 3 is 2.57 bits per heavy atom. The molecule has 150 valence electrons. The minimum atomic E-state index is -0.508. The number of rotatable bonds is 6. The molecule has 1 aliphatic heterocycles. The predicted molar refractivity (Wildman–Crippen MR) is 109 cm³/mol. The molecule has 1 aliphatic rings. The fraction of sp³-hybridized carbons (Fsp3) is 0.409. The lowest BCUT2D eigenvalue weighted by atomic mass is 9.99. The van der Waals surface area contributed by atoms with Gasteiger partial charge >= 0.3 is 0 Å². The first-order valence-electron chi connectivity index (χ1n) is 9.61. The fourth-order valence-electron chi connectivity index (χ4n) is 3.84. The molecule has 0 spiro atoms. The molecule has 2 aromatic rings. The smallest absolute Gasteiger partial charge is 0.168 e. The Hall–Kier alpha value is -1.98. The number of ketones is 1. The van der Waals surface area contributed by atoms with E-state index in [1.165, 1.54) is 12.1 Å². The molecule has 3 rings (SSSR count). The lowest BCUT2D eigenvalue weighted by molar-refractivity contribution is 0.0992. The average Bonchev–Trinajstić information content (AvgIpc) is 2.66. The zero-order chi connectivity index (χ0) is 20.3. The highest BCUT2D eigenvalue weighted by molar-refractivity contribution is 6.34.